The lowest BCUT2D eigenvalue weighted by Gasteiger charge is -2.36. The first-order valence-corrected chi connectivity index (χ1v) is 13.5. The van der Waals surface area contributed by atoms with E-state index in [1.54, 1.807) is 7.11 Å². The molecule has 0 radical (unpaired) electrons. The number of nitrogens with zero attached hydrogens (tertiary/aromatic N) is 2. The molecule has 0 unspecified atom stereocenters. The minimum absolute atomic E-state index is 0.00169. The molecular formula is C30H35N3O3S. The highest BCUT2D eigenvalue weighted by atomic mass is 32.2. The van der Waals surface area contributed by atoms with Crippen molar-refractivity contribution >= 4 is 35.0 Å². The number of hydrogen-bond acceptors (Lipinski definition) is 5. The number of nitrogens with one attached hydrogen (secondary N) is 1. The van der Waals surface area contributed by atoms with Gasteiger partial charge in [0.05, 0.1) is 18.4 Å². The smallest absolute Gasteiger partial charge is 0.257 e. The second kappa shape index (κ2) is 11.7. The van der Waals surface area contributed by atoms with E-state index >= 15 is 0 Å². The lowest BCUT2D eigenvalue weighted by molar-refractivity contribution is -0.113. The fourth-order valence-electron chi connectivity index (χ4n) is 4.31. The van der Waals surface area contributed by atoms with Crippen LogP contribution in [0.4, 0.5) is 11.4 Å². The highest BCUT2D eigenvalue weighted by molar-refractivity contribution is 8.00. The number of methoxy groups -OCH3 is 1. The molecule has 1 fully saturated rings. The summed E-state index contributed by atoms with van der Waals surface area (Å²) < 4.78 is 5.35. The average molecular weight is 518 g/mol. The van der Waals surface area contributed by atoms with E-state index in [4.69, 9.17) is 4.74 Å². The normalized spacial score (nSPS) is 13.8. The maximum atomic E-state index is 13.0. The van der Waals surface area contributed by atoms with Gasteiger partial charge in [0.1, 0.15) is 5.75 Å². The van der Waals surface area contributed by atoms with Crippen molar-refractivity contribution < 1.29 is 14.3 Å². The maximum absolute atomic E-state index is 13.0. The molecule has 7 heteroatoms. The summed E-state index contributed by atoms with van der Waals surface area (Å²) in [6.45, 7) is 9.36. The Kier molecular flexibility index (Phi) is 8.44. The molecule has 3 aromatic rings. The zero-order valence-corrected chi connectivity index (χ0v) is 22.8. The van der Waals surface area contributed by atoms with Crippen LogP contribution in [0, 0.1) is 0 Å². The van der Waals surface area contributed by atoms with Crippen molar-refractivity contribution in [3.8, 4) is 5.75 Å². The monoisotopic (exact) mass is 517 g/mol. The molecule has 6 nitrogen and oxygen atoms in total. The van der Waals surface area contributed by atoms with Crippen LogP contribution in [-0.2, 0) is 10.2 Å². The molecule has 1 N–H and O–H groups in total. The lowest BCUT2D eigenvalue weighted by atomic mass is 9.87. The van der Waals surface area contributed by atoms with Gasteiger partial charge in [-0.3, -0.25) is 9.59 Å². The number of piperazine rings is 1. The molecule has 37 heavy (non-hydrogen) atoms. The standard InChI is InChI=1S/C30H35N3O3S/c1-30(2,3)22-9-15-25(16-10-22)37-21-28(34)31-23-11-13-24(14-12-23)32-17-19-33(20-18-32)29(35)26-7-5-6-8-27(26)36-4/h5-16H,17-21H2,1-4H3,(H,31,34). The molecule has 194 valence electrons. The second-order valence-corrected chi connectivity index (χ2v) is 11.2. The van der Waals surface area contributed by atoms with E-state index in [0.717, 1.165) is 29.4 Å². The molecule has 0 saturated carbocycles. The van der Waals surface area contributed by atoms with Gasteiger partial charge in [0.2, 0.25) is 5.91 Å². The predicted octanol–water partition coefficient (Wildman–Crippen LogP) is 5.69. The van der Waals surface area contributed by atoms with Crippen molar-refractivity contribution in [2.75, 3.05) is 49.3 Å². The Balaban J connectivity index is 1.25. The molecular weight excluding hydrogens is 482 g/mol. The first kappa shape index (κ1) is 26.6. The Morgan fingerprint density at radius 1 is 0.892 bits per heavy atom. The molecule has 2 amide bonds. The van der Waals surface area contributed by atoms with Crippen molar-refractivity contribution in [1.82, 2.24) is 4.90 Å². The summed E-state index contributed by atoms with van der Waals surface area (Å²) in [6.07, 6.45) is 0. The van der Waals surface area contributed by atoms with E-state index < -0.39 is 0 Å². The molecule has 0 spiro atoms. The van der Waals surface area contributed by atoms with Crippen LogP contribution in [0.1, 0.15) is 36.7 Å². The van der Waals surface area contributed by atoms with Gasteiger partial charge < -0.3 is 19.9 Å². The van der Waals surface area contributed by atoms with Crippen LogP contribution in [0.5, 0.6) is 5.75 Å². The van der Waals surface area contributed by atoms with Gasteiger partial charge >= 0.3 is 0 Å². The van der Waals surface area contributed by atoms with Gasteiger partial charge in [0, 0.05) is 42.4 Å². The number of thioether (sulfide) groups is 1. The molecule has 4 rings (SSSR count). The van der Waals surface area contributed by atoms with E-state index in [2.05, 4.69) is 55.3 Å². The van der Waals surface area contributed by atoms with Gasteiger partial charge in [-0.25, -0.2) is 0 Å². The average Bonchev–Trinajstić information content (AvgIpc) is 2.92. The topological polar surface area (TPSA) is 61.9 Å². The Morgan fingerprint density at radius 3 is 2.16 bits per heavy atom. The Hall–Kier alpha value is -3.45. The lowest BCUT2D eigenvalue weighted by Crippen LogP contribution is -2.48. The van der Waals surface area contributed by atoms with Crippen LogP contribution in [0.3, 0.4) is 0 Å². The molecule has 1 heterocycles. The summed E-state index contributed by atoms with van der Waals surface area (Å²) in [5.41, 5.74) is 3.86. The largest absolute Gasteiger partial charge is 0.496 e. The van der Waals surface area contributed by atoms with Crippen molar-refractivity contribution in [2.24, 2.45) is 0 Å². The molecule has 0 bridgehead atoms. The first-order chi connectivity index (χ1) is 17.7. The van der Waals surface area contributed by atoms with Gasteiger partial charge in [-0.15, -0.1) is 11.8 Å². The minimum Gasteiger partial charge on any atom is -0.496 e. The molecule has 1 saturated heterocycles. The van der Waals surface area contributed by atoms with Crippen LogP contribution >= 0.6 is 11.8 Å². The third-order valence-corrected chi connectivity index (χ3v) is 7.52. The van der Waals surface area contributed by atoms with Gasteiger partial charge in [-0.05, 0) is 59.5 Å². The van der Waals surface area contributed by atoms with Crippen LogP contribution in [0.15, 0.2) is 77.7 Å². The van der Waals surface area contributed by atoms with Crippen LogP contribution in [0.25, 0.3) is 0 Å². The van der Waals surface area contributed by atoms with E-state index in [0.29, 0.717) is 30.2 Å². The van der Waals surface area contributed by atoms with Gasteiger partial charge in [0.25, 0.3) is 5.91 Å². The third kappa shape index (κ3) is 6.86. The summed E-state index contributed by atoms with van der Waals surface area (Å²) >= 11 is 1.54. The number of carbonyl (C=O) groups excluding carboxylic acids is 2. The minimum atomic E-state index is -0.0267. The Labute approximate surface area is 224 Å². The van der Waals surface area contributed by atoms with Crippen LogP contribution in [0.2, 0.25) is 0 Å². The summed E-state index contributed by atoms with van der Waals surface area (Å²) in [6, 6.07) is 23.7. The van der Waals surface area contributed by atoms with Crippen molar-refractivity contribution in [2.45, 2.75) is 31.1 Å². The van der Waals surface area contributed by atoms with E-state index in [-0.39, 0.29) is 17.2 Å². The number of anilines is 2. The molecule has 1 aliphatic rings. The molecule has 0 atom stereocenters. The number of amides is 2. The zero-order valence-electron chi connectivity index (χ0n) is 22.0. The number of para-hydroxylation sites is 1. The zero-order chi connectivity index (χ0) is 26.4. The SMILES string of the molecule is COc1ccccc1C(=O)N1CCN(c2ccc(NC(=O)CSc3ccc(C(C)(C)C)cc3)cc2)CC1. The van der Waals surface area contributed by atoms with Crippen molar-refractivity contribution in [3.05, 3.63) is 83.9 Å². The summed E-state index contributed by atoms with van der Waals surface area (Å²) in [5.74, 6) is 0.933. The predicted molar refractivity (Wildman–Crippen MR) is 152 cm³/mol. The highest BCUT2D eigenvalue weighted by Crippen LogP contribution is 2.26. The third-order valence-electron chi connectivity index (χ3n) is 6.51. The van der Waals surface area contributed by atoms with Crippen LogP contribution in [-0.4, -0.2) is 55.8 Å². The fraction of sp³-hybridized carbons (Fsp3) is 0.333. The van der Waals surface area contributed by atoms with Crippen molar-refractivity contribution in [1.29, 1.82) is 0 Å². The highest BCUT2D eigenvalue weighted by Gasteiger charge is 2.24. The summed E-state index contributed by atoms with van der Waals surface area (Å²) in [4.78, 5) is 30.6. The van der Waals surface area contributed by atoms with Crippen molar-refractivity contribution in [3.63, 3.8) is 0 Å². The van der Waals surface area contributed by atoms with E-state index in [9.17, 15) is 9.59 Å². The molecule has 3 aromatic carbocycles. The summed E-state index contributed by atoms with van der Waals surface area (Å²) in [5, 5.41) is 2.99. The molecule has 0 aromatic heterocycles. The number of benzene rings is 3. The van der Waals surface area contributed by atoms with Gasteiger partial charge in [-0.2, -0.15) is 0 Å². The Bertz CT molecular complexity index is 1210. The van der Waals surface area contributed by atoms with E-state index in [1.807, 2.05) is 53.4 Å². The Morgan fingerprint density at radius 2 is 1.54 bits per heavy atom. The number of carbonyl (C=O) groups is 2. The summed E-state index contributed by atoms with van der Waals surface area (Å²) in [7, 11) is 1.58. The quantitative estimate of drug-likeness (QED) is 0.408. The number of rotatable bonds is 7. The fourth-order valence-corrected chi connectivity index (χ4v) is 5.01. The molecule has 0 aliphatic carbocycles. The molecule has 1 aliphatic heterocycles. The first-order valence-electron chi connectivity index (χ1n) is 12.5. The van der Waals surface area contributed by atoms with Gasteiger partial charge in [0.15, 0.2) is 0 Å². The van der Waals surface area contributed by atoms with Crippen LogP contribution < -0.4 is 15.0 Å². The van der Waals surface area contributed by atoms with Gasteiger partial charge in [-0.1, -0.05) is 45.0 Å². The number of ether oxygens (including phenoxy) is 1. The van der Waals surface area contributed by atoms with E-state index in [1.165, 1.54) is 17.3 Å². The number of hydrogen-bond donors (Lipinski definition) is 1. The maximum Gasteiger partial charge on any atom is 0.257 e. The second-order valence-electron chi connectivity index (χ2n) is 10.1.